The van der Waals surface area contributed by atoms with Crippen LogP contribution in [0.3, 0.4) is 0 Å². The molecule has 2 aromatic carbocycles. The predicted octanol–water partition coefficient (Wildman–Crippen LogP) is 3.93. The van der Waals surface area contributed by atoms with E-state index in [2.05, 4.69) is 9.50 Å². The van der Waals surface area contributed by atoms with Crippen LogP contribution in [-0.4, -0.2) is 38.6 Å². The van der Waals surface area contributed by atoms with Crippen LogP contribution in [0.1, 0.15) is 31.4 Å². The number of amidine groups is 1. The molecule has 0 fully saturated rings. The number of sulfonamides is 1. The molecule has 27 heavy (non-hydrogen) atoms. The highest BCUT2D eigenvalue weighted by atomic mass is 35.5. The summed E-state index contributed by atoms with van der Waals surface area (Å²) in [5.41, 5.74) is 1.34. The van der Waals surface area contributed by atoms with Crippen molar-refractivity contribution in [3.05, 3.63) is 58.6 Å². The fraction of sp³-hybridized carbons (Fsp3) is 0.263. The molecule has 1 unspecified atom stereocenters. The number of hydrazone groups is 1. The van der Waals surface area contributed by atoms with Crippen molar-refractivity contribution in [3.8, 4) is 5.75 Å². The number of fused-ring (bicyclic) bond motifs is 1. The molecule has 0 spiro atoms. The van der Waals surface area contributed by atoms with E-state index in [1.807, 2.05) is 19.9 Å². The summed E-state index contributed by atoms with van der Waals surface area (Å²) in [4.78, 5) is 0.205. The van der Waals surface area contributed by atoms with Gasteiger partial charge in [-0.3, -0.25) is 0 Å². The molecule has 8 heteroatoms. The highest BCUT2D eigenvalue weighted by Gasteiger charge is 2.33. The molecule has 0 aliphatic carbocycles. The minimum Gasteiger partial charge on any atom is -0.495 e. The number of rotatable bonds is 5. The second-order valence-electron chi connectivity index (χ2n) is 6.13. The van der Waals surface area contributed by atoms with Crippen LogP contribution in [0.25, 0.3) is 0 Å². The molecule has 0 aromatic heterocycles. The summed E-state index contributed by atoms with van der Waals surface area (Å²) in [5.74, 6) is 0.874. The van der Waals surface area contributed by atoms with Crippen LogP contribution in [0.15, 0.2) is 56.9 Å². The van der Waals surface area contributed by atoms with Gasteiger partial charge in [-0.1, -0.05) is 36.7 Å². The third-order valence-electron chi connectivity index (χ3n) is 4.34. The summed E-state index contributed by atoms with van der Waals surface area (Å²) in [6.07, 6.45) is 2.41. The Morgan fingerprint density at radius 2 is 2.04 bits per heavy atom. The molecule has 0 saturated heterocycles. The largest absolute Gasteiger partial charge is 0.495 e. The van der Waals surface area contributed by atoms with Crippen LogP contribution in [0, 0.1) is 0 Å². The molecule has 0 radical (unpaired) electrons. The van der Waals surface area contributed by atoms with Gasteiger partial charge in [0.15, 0.2) is 5.84 Å². The van der Waals surface area contributed by atoms with Gasteiger partial charge in [0.2, 0.25) is 0 Å². The maximum Gasteiger partial charge on any atom is 0.285 e. The highest BCUT2D eigenvalue weighted by molar-refractivity contribution is 7.90. The van der Waals surface area contributed by atoms with Crippen molar-refractivity contribution in [2.45, 2.75) is 31.2 Å². The lowest BCUT2D eigenvalue weighted by Crippen LogP contribution is -2.34. The van der Waals surface area contributed by atoms with Gasteiger partial charge in [0.1, 0.15) is 10.6 Å². The quantitative estimate of drug-likeness (QED) is 0.558. The minimum atomic E-state index is -3.71. The lowest BCUT2D eigenvalue weighted by atomic mass is 10.1. The molecule has 1 atom stereocenters. The van der Waals surface area contributed by atoms with E-state index >= 15 is 0 Å². The molecular weight excluding hydrogens is 386 g/mol. The Morgan fingerprint density at radius 1 is 1.30 bits per heavy atom. The number of benzene rings is 2. The summed E-state index contributed by atoms with van der Waals surface area (Å²) in [7, 11) is -2.16. The van der Waals surface area contributed by atoms with Crippen molar-refractivity contribution in [3.63, 3.8) is 0 Å². The van der Waals surface area contributed by atoms with Crippen molar-refractivity contribution < 1.29 is 13.2 Å². The first-order chi connectivity index (χ1) is 12.9. The molecular formula is C19H20ClN3O3S. The average molecular weight is 406 g/mol. The fourth-order valence-electron chi connectivity index (χ4n) is 2.69. The Labute approximate surface area is 164 Å². The zero-order valence-electron chi connectivity index (χ0n) is 15.3. The number of halogens is 1. The topological polar surface area (TPSA) is 71.3 Å². The predicted molar refractivity (Wildman–Crippen MR) is 107 cm³/mol. The summed E-state index contributed by atoms with van der Waals surface area (Å²) >= 11 is 6.06. The maximum atomic E-state index is 12.4. The van der Waals surface area contributed by atoms with Crippen molar-refractivity contribution in [2.75, 3.05) is 7.11 Å². The first-order valence-corrected chi connectivity index (χ1v) is 10.3. The van der Waals surface area contributed by atoms with Gasteiger partial charge in [-0.05, 0) is 43.2 Å². The average Bonchev–Trinajstić information content (AvgIpc) is 2.94. The van der Waals surface area contributed by atoms with E-state index in [-0.39, 0.29) is 10.9 Å². The standard InChI is InChI=1S/C19H20ClN3O3S/c1-4-13(2)23(21-12-14-9-10-16(20)17(11-14)26-3)19-15-7-5-6-8-18(15)27(24,25)22-19/h5-13H,4H2,1-3H3/b21-12+. The maximum absolute atomic E-state index is 12.4. The molecule has 0 N–H and O–H groups in total. The zero-order valence-corrected chi connectivity index (χ0v) is 16.8. The highest BCUT2D eigenvalue weighted by Crippen LogP contribution is 2.29. The molecule has 1 heterocycles. The molecule has 0 saturated carbocycles. The molecule has 1 aliphatic heterocycles. The van der Waals surface area contributed by atoms with Crippen molar-refractivity contribution >= 4 is 33.7 Å². The smallest absolute Gasteiger partial charge is 0.285 e. The van der Waals surface area contributed by atoms with Gasteiger partial charge in [-0.25, -0.2) is 5.01 Å². The van der Waals surface area contributed by atoms with Gasteiger partial charge in [0.25, 0.3) is 10.0 Å². The summed E-state index contributed by atoms with van der Waals surface area (Å²) in [6.45, 7) is 3.98. The lowest BCUT2D eigenvalue weighted by Gasteiger charge is -2.25. The Hall–Kier alpha value is -2.38. The van der Waals surface area contributed by atoms with Crippen LogP contribution in [0.5, 0.6) is 5.75 Å². The first-order valence-electron chi connectivity index (χ1n) is 8.48. The summed E-state index contributed by atoms with van der Waals surface area (Å²) in [5, 5.41) is 6.68. The van der Waals surface area contributed by atoms with Crippen LogP contribution in [-0.2, 0) is 10.0 Å². The van der Waals surface area contributed by atoms with Gasteiger partial charge in [-0.15, -0.1) is 4.40 Å². The van der Waals surface area contributed by atoms with Crippen molar-refractivity contribution in [2.24, 2.45) is 9.50 Å². The van der Waals surface area contributed by atoms with Gasteiger partial charge >= 0.3 is 0 Å². The Morgan fingerprint density at radius 3 is 2.74 bits per heavy atom. The Bertz CT molecular complexity index is 1020. The number of ether oxygens (including phenoxy) is 1. The monoisotopic (exact) mass is 405 g/mol. The number of hydrogen-bond donors (Lipinski definition) is 0. The SMILES string of the molecule is CCC(C)N(/N=C/c1ccc(Cl)c(OC)c1)C1=NS(=O)(=O)c2ccccc21. The minimum absolute atomic E-state index is 0.0458. The number of hydrogen-bond acceptors (Lipinski definition) is 5. The second-order valence-corrected chi connectivity index (χ2v) is 8.11. The van der Waals surface area contributed by atoms with E-state index < -0.39 is 10.0 Å². The third kappa shape index (κ3) is 3.84. The molecule has 2 aromatic rings. The fourth-order valence-corrected chi connectivity index (χ4v) is 4.08. The lowest BCUT2D eigenvalue weighted by molar-refractivity contribution is 0.340. The molecule has 3 rings (SSSR count). The summed E-state index contributed by atoms with van der Waals surface area (Å²) in [6, 6.07) is 12.0. The van der Waals surface area contributed by atoms with Crippen LogP contribution < -0.4 is 4.74 Å². The number of nitrogens with zero attached hydrogens (tertiary/aromatic N) is 3. The Balaban J connectivity index is 2.02. The van der Waals surface area contributed by atoms with Crippen LogP contribution in [0.2, 0.25) is 5.02 Å². The van der Waals surface area contributed by atoms with E-state index in [9.17, 15) is 8.42 Å². The van der Waals surface area contributed by atoms with Gasteiger partial charge in [0.05, 0.1) is 24.4 Å². The Kier molecular flexibility index (Phi) is 5.53. The normalized spacial score (nSPS) is 16.1. The van der Waals surface area contributed by atoms with Crippen molar-refractivity contribution in [1.29, 1.82) is 0 Å². The van der Waals surface area contributed by atoms with Gasteiger partial charge in [-0.2, -0.15) is 13.5 Å². The molecule has 6 nitrogen and oxygen atoms in total. The van der Waals surface area contributed by atoms with E-state index in [1.54, 1.807) is 54.7 Å². The third-order valence-corrected chi connectivity index (χ3v) is 5.98. The second kappa shape index (κ2) is 7.70. The van der Waals surface area contributed by atoms with Crippen LogP contribution in [0.4, 0.5) is 0 Å². The van der Waals surface area contributed by atoms with Crippen molar-refractivity contribution in [1.82, 2.24) is 5.01 Å². The van der Waals surface area contributed by atoms with Gasteiger partial charge in [0, 0.05) is 5.56 Å². The van der Waals surface area contributed by atoms with Crippen LogP contribution >= 0.6 is 11.6 Å². The summed E-state index contributed by atoms with van der Waals surface area (Å²) < 4.78 is 34.0. The molecule has 0 amide bonds. The van der Waals surface area contributed by atoms with E-state index in [1.165, 1.54) is 0 Å². The van der Waals surface area contributed by atoms with Gasteiger partial charge < -0.3 is 4.74 Å². The number of methoxy groups -OCH3 is 1. The molecule has 1 aliphatic rings. The zero-order chi connectivity index (χ0) is 19.6. The molecule has 142 valence electrons. The first kappa shape index (κ1) is 19.4. The molecule has 0 bridgehead atoms. The van der Waals surface area contributed by atoms with E-state index in [0.717, 1.165) is 12.0 Å². The van der Waals surface area contributed by atoms with E-state index in [0.29, 0.717) is 22.2 Å². The van der Waals surface area contributed by atoms with E-state index in [4.69, 9.17) is 16.3 Å².